The number of para-hydroxylation sites is 1. The first kappa shape index (κ1) is 18.6. The highest BCUT2D eigenvalue weighted by Gasteiger charge is 2.15. The van der Waals surface area contributed by atoms with Gasteiger partial charge in [0, 0.05) is 5.02 Å². The number of fused-ring (bicyclic) bond motifs is 1. The SMILES string of the molecule is O=C(NN=Cc1coc2ccccc2c1=O)C(=O)Nc1cc(Cl)ccc1Cl. The average Bonchev–Trinajstić information content (AvgIpc) is 2.66. The number of hydrazone groups is 1. The molecule has 0 aliphatic heterocycles. The standard InChI is InChI=1S/C18H11Cl2N3O4/c19-11-5-6-13(20)14(7-11)22-17(25)18(26)23-21-8-10-9-27-15-4-2-1-3-12(15)16(10)24/h1-9H,(H,22,25)(H,23,26). The minimum atomic E-state index is -1.05. The van der Waals surface area contributed by atoms with Crippen LogP contribution in [0.5, 0.6) is 0 Å². The van der Waals surface area contributed by atoms with Gasteiger partial charge in [-0.05, 0) is 30.3 Å². The van der Waals surface area contributed by atoms with Crippen LogP contribution in [0.4, 0.5) is 5.69 Å². The number of carbonyl (C=O) groups excluding carboxylic acids is 2. The number of hydrogen-bond donors (Lipinski definition) is 2. The van der Waals surface area contributed by atoms with Crippen molar-refractivity contribution >= 4 is 57.9 Å². The number of carbonyl (C=O) groups is 2. The summed E-state index contributed by atoms with van der Waals surface area (Å²) in [7, 11) is 0. The molecule has 0 radical (unpaired) electrons. The van der Waals surface area contributed by atoms with Crippen LogP contribution in [0.15, 0.2) is 63.0 Å². The minimum Gasteiger partial charge on any atom is -0.463 e. The van der Waals surface area contributed by atoms with Gasteiger partial charge in [0.05, 0.1) is 27.9 Å². The van der Waals surface area contributed by atoms with E-state index in [1.807, 2.05) is 5.43 Å². The van der Waals surface area contributed by atoms with E-state index in [2.05, 4.69) is 10.4 Å². The molecule has 0 aliphatic rings. The van der Waals surface area contributed by atoms with E-state index < -0.39 is 11.8 Å². The zero-order chi connectivity index (χ0) is 19.4. The number of amides is 2. The number of anilines is 1. The van der Waals surface area contributed by atoms with Crippen molar-refractivity contribution in [3.05, 3.63) is 74.6 Å². The highest BCUT2D eigenvalue weighted by atomic mass is 35.5. The van der Waals surface area contributed by atoms with Gasteiger partial charge >= 0.3 is 11.8 Å². The quantitative estimate of drug-likeness (QED) is 0.398. The van der Waals surface area contributed by atoms with Gasteiger partial charge in [-0.3, -0.25) is 14.4 Å². The molecule has 3 aromatic rings. The van der Waals surface area contributed by atoms with Crippen LogP contribution in [0, 0.1) is 0 Å². The van der Waals surface area contributed by atoms with Gasteiger partial charge in [0.2, 0.25) is 5.43 Å². The second kappa shape index (κ2) is 8.03. The summed E-state index contributed by atoms with van der Waals surface area (Å²) in [6.45, 7) is 0. The third-order valence-electron chi connectivity index (χ3n) is 3.46. The Labute approximate surface area is 162 Å². The van der Waals surface area contributed by atoms with E-state index in [-0.39, 0.29) is 21.7 Å². The van der Waals surface area contributed by atoms with Gasteiger partial charge in [0.25, 0.3) is 0 Å². The molecule has 27 heavy (non-hydrogen) atoms. The maximum absolute atomic E-state index is 12.3. The van der Waals surface area contributed by atoms with Crippen molar-refractivity contribution in [3.8, 4) is 0 Å². The summed E-state index contributed by atoms with van der Waals surface area (Å²) in [6.07, 6.45) is 2.31. The zero-order valence-electron chi connectivity index (χ0n) is 13.5. The molecule has 2 amide bonds. The molecule has 1 heterocycles. The Hall–Kier alpha value is -3.16. The first-order chi connectivity index (χ1) is 13.0. The molecule has 136 valence electrons. The van der Waals surface area contributed by atoms with Crippen LogP contribution in [-0.2, 0) is 9.59 Å². The van der Waals surface area contributed by atoms with E-state index in [4.69, 9.17) is 27.6 Å². The molecule has 2 aromatic carbocycles. The van der Waals surface area contributed by atoms with Gasteiger partial charge in [0.15, 0.2) is 0 Å². The lowest BCUT2D eigenvalue weighted by atomic mass is 10.2. The first-order valence-corrected chi connectivity index (χ1v) is 8.31. The van der Waals surface area contributed by atoms with Crippen LogP contribution in [0.1, 0.15) is 5.56 Å². The molecule has 0 bridgehead atoms. The molecule has 2 N–H and O–H groups in total. The van der Waals surface area contributed by atoms with Gasteiger partial charge in [-0.15, -0.1) is 0 Å². The van der Waals surface area contributed by atoms with Gasteiger partial charge in [0.1, 0.15) is 11.8 Å². The Kier molecular flexibility index (Phi) is 5.54. The van der Waals surface area contributed by atoms with Crippen LogP contribution in [-0.4, -0.2) is 18.0 Å². The van der Waals surface area contributed by atoms with E-state index in [1.165, 1.54) is 18.4 Å². The number of nitrogens with one attached hydrogen (secondary N) is 2. The van der Waals surface area contributed by atoms with Crippen molar-refractivity contribution in [2.45, 2.75) is 0 Å². The molecule has 0 saturated heterocycles. The van der Waals surface area contributed by atoms with Crippen molar-refractivity contribution in [2.24, 2.45) is 5.10 Å². The van der Waals surface area contributed by atoms with Crippen LogP contribution >= 0.6 is 23.2 Å². The summed E-state index contributed by atoms with van der Waals surface area (Å²) in [5.41, 5.74) is 2.44. The Bertz CT molecular complexity index is 1130. The Morgan fingerprint density at radius 1 is 1.07 bits per heavy atom. The largest absolute Gasteiger partial charge is 0.463 e. The maximum atomic E-state index is 12.3. The van der Waals surface area contributed by atoms with Crippen molar-refractivity contribution in [1.82, 2.24) is 5.43 Å². The van der Waals surface area contributed by atoms with Crippen LogP contribution in [0.3, 0.4) is 0 Å². The molecular weight excluding hydrogens is 393 g/mol. The van der Waals surface area contributed by atoms with Crippen molar-refractivity contribution in [2.75, 3.05) is 5.32 Å². The number of halogens is 2. The van der Waals surface area contributed by atoms with Crippen LogP contribution < -0.4 is 16.2 Å². The molecule has 0 atom stereocenters. The smallest absolute Gasteiger partial charge is 0.329 e. The summed E-state index contributed by atoms with van der Waals surface area (Å²) in [5, 5.41) is 6.86. The van der Waals surface area contributed by atoms with E-state index in [1.54, 1.807) is 30.3 Å². The third kappa shape index (κ3) is 4.33. The van der Waals surface area contributed by atoms with E-state index in [0.29, 0.717) is 16.0 Å². The van der Waals surface area contributed by atoms with Crippen LogP contribution in [0.25, 0.3) is 11.0 Å². The maximum Gasteiger partial charge on any atom is 0.329 e. The second-order valence-electron chi connectivity index (χ2n) is 5.29. The fraction of sp³-hybridized carbons (Fsp3) is 0. The summed E-state index contributed by atoms with van der Waals surface area (Å²) in [6, 6.07) is 11.1. The van der Waals surface area contributed by atoms with Crippen molar-refractivity contribution in [1.29, 1.82) is 0 Å². The molecular formula is C18H11Cl2N3O4. The monoisotopic (exact) mass is 403 g/mol. The molecule has 0 aliphatic carbocycles. The van der Waals surface area contributed by atoms with Gasteiger partial charge < -0.3 is 9.73 Å². The molecule has 0 unspecified atom stereocenters. The Morgan fingerprint density at radius 3 is 2.67 bits per heavy atom. The first-order valence-electron chi connectivity index (χ1n) is 7.55. The van der Waals surface area contributed by atoms with Gasteiger partial charge in [-0.2, -0.15) is 5.10 Å². The average molecular weight is 404 g/mol. The summed E-state index contributed by atoms with van der Waals surface area (Å²) < 4.78 is 5.32. The predicted molar refractivity (Wildman–Crippen MR) is 103 cm³/mol. The number of rotatable bonds is 3. The second-order valence-corrected chi connectivity index (χ2v) is 6.14. The molecule has 0 spiro atoms. The molecule has 1 aromatic heterocycles. The summed E-state index contributed by atoms with van der Waals surface area (Å²) >= 11 is 11.7. The highest BCUT2D eigenvalue weighted by Crippen LogP contribution is 2.25. The van der Waals surface area contributed by atoms with Gasteiger partial charge in [-0.25, -0.2) is 5.43 Å². The Morgan fingerprint density at radius 2 is 1.85 bits per heavy atom. The van der Waals surface area contributed by atoms with Crippen LogP contribution in [0.2, 0.25) is 10.0 Å². The topological polar surface area (TPSA) is 101 Å². The lowest BCUT2D eigenvalue weighted by Gasteiger charge is -2.06. The van der Waals surface area contributed by atoms with Crippen molar-refractivity contribution in [3.63, 3.8) is 0 Å². The highest BCUT2D eigenvalue weighted by molar-refractivity contribution is 6.42. The number of hydrogen-bond acceptors (Lipinski definition) is 5. The Balaban J connectivity index is 1.68. The fourth-order valence-corrected chi connectivity index (χ4v) is 2.50. The van der Waals surface area contributed by atoms with E-state index in [9.17, 15) is 14.4 Å². The third-order valence-corrected chi connectivity index (χ3v) is 4.02. The van der Waals surface area contributed by atoms with E-state index in [0.717, 1.165) is 6.21 Å². The summed E-state index contributed by atoms with van der Waals surface area (Å²) in [4.78, 5) is 36.0. The lowest BCUT2D eigenvalue weighted by molar-refractivity contribution is -0.136. The minimum absolute atomic E-state index is 0.118. The molecule has 3 rings (SSSR count). The molecule has 0 saturated carbocycles. The zero-order valence-corrected chi connectivity index (χ0v) is 15.0. The molecule has 7 nitrogen and oxygen atoms in total. The van der Waals surface area contributed by atoms with E-state index >= 15 is 0 Å². The lowest BCUT2D eigenvalue weighted by Crippen LogP contribution is -2.32. The van der Waals surface area contributed by atoms with Gasteiger partial charge in [-0.1, -0.05) is 35.3 Å². The molecule has 0 fully saturated rings. The predicted octanol–water partition coefficient (Wildman–Crippen LogP) is 3.19. The number of benzene rings is 2. The summed E-state index contributed by atoms with van der Waals surface area (Å²) in [5.74, 6) is -2.05. The normalized spacial score (nSPS) is 10.9. The van der Waals surface area contributed by atoms with Crippen molar-refractivity contribution < 1.29 is 14.0 Å². The fourth-order valence-electron chi connectivity index (χ4n) is 2.17. The number of nitrogens with zero attached hydrogens (tertiary/aromatic N) is 1. The molecule has 9 heteroatoms.